The van der Waals surface area contributed by atoms with E-state index >= 15 is 0 Å². The Bertz CT molecular complexity index is 944. The van der Waals surface area contributed by atoms with E-state index in [1.165, 1.54) is 22.3 Å². The normalized spacial score (nSPS) is 16.9. The molecule has 0 bridgehead atoms. The molecule has 1 fully saturated rings. The number of hydrogen-bond donors (Lipinski definition) is 0. The molecular weight excluding hydrogens is 420 g/mol. The first-order valence-electron chi connectivity index (χ1n) is 10.0. The molecular formula is C21H28N4O3S2. The van der Waals surface area contributed by atoms with Gasteiger partial charge in [-0.1, -0.05) is 30.0 Å². The number of rotatable bonds is 7. The monoisotopic (exact) mass is 448 g/mol. The van der Waals surface area contributed by atoms with Crippen LogP contribution in [0.5, 0.6) is 0 Å². The Kier molecular flexibility index (Phi) is 7.51. The van der Waals surface area contributed by atoms with Gasteiger partial charge in [0.1, 0.15) is 4.90 Å². The smallest absolute Gasteiger partial charge is 0.244 e. The van der Waals surface area contributed by atoms with Crippen molar-refractivity contribution in [2.24, 2.45) is 0 Å². The largest absolute Gasteiger partial charge is 0.312 e. The molecule has 0 saturated carbocycles. The second kappa shape index (κ2) is 9.91. The standard InChI is InChI=1S/C21H28N4O3S2/c1-4-25(18-8-6-5-7-9-18)21(26)17(2)29-20-11-10-19(16-22-20)30(27,28)24-14-12-23(3)13-15-24/h5-11,16-17H,4,12-15H2,1-3H3/t17-/m1/s1. The average Bonchev–Trinajstić information content (AvgIpc) is 2.75. The molecule has 1 aliphatic heterocycles. The van der Waals surface area contributed by atoms with Gasteiger partial charge in [-0.2, -0.15) is 4.31 Å². The van der Waals surface area contributed by atoms with E-state index in [1.54, 1.807) is 17.0 Å². The van der Waals surface area contributed by atoms with Crippen molar-refractivity contribution in [3.63, 3.8) is 0 Å². The van der Waals surface area contributed by atoms with E-state index in [0.29, 0.717) is 24.7 Å². The van der Waals surface area contributed by atoms with Crippen LogP contribution in [0.15, 0.2) is 58.6 Å². The number of anilines is 1. The first-order valence-corrected chi connectivity index (χ1v) is 12.3. The molecule has 9 heteroatoms. The maximum absolute atomic E-state index is 12.9. The number of thioether (sulfide) groups is 1. The highest BCUT2D eigenvalue weighted by atomic mass is 32.2. The van der Waals surface area contributed by atoms with Crippen LogP contribution in [0, 0.1) is 0 Å². The van der Waals surface area contributed by atoms with E-state index in [2.05, 4.69) is 9.88 Å². The molecule has 7 nitrogen and oxygen atoms in total. The number of pyridine rings is 1. The first kappa shape index (κ1) is 22.7. The van der Waals surface area contributed by atoms with Crippen molar-refractivity contribution in [3.8, 4) is 0 Å². The zero-order chi connectivity index (χ0) is 21.7. The van der Waals surface area contributed by atoms with E-state index in [-0.39, 0.29) is 16.1 Å². The highest BCUT2D eigenvalue weighted by molar-refractivity contribution is 8.00. The van der Waals surface area contributed by atoms with Crippen molar-refractivity contribution >= 4 is 33.4 Å². The molecule has 1 aliphatic rings. The van der Waals surface area contributed by atoms with Crippen LogP contribution in [0.2, 0.25) is 0 Å². The zero-order valence-electron chi connectivity index (χ0n) is 17.6. The number of carbonyl (C=O) groups excluding carboxylic acids is 1. The number of para-hydroxylation sites is 1. The summed E-state index contributed by atoms with van der Waals surface area (Å²) < 4.78 is 27.1. The highest BCUT2D eigenvalue weighted by Gasteiger charge is 2.28. The van der Waals surface area contributed by atoms with E-state index in [1.807, 2.05) is 51.2 Å². The van der Waals surface area contributed by atoms with E-state index in [9.17, 15) is 13.2 Å². The van der Waals surface area contributed by atoms with Crippen molar-refractivity contribution in [2.75, 3.05) is 44.7 Å². The van der Waals surface area contributed by atoms with Gasteiger partial charge in [0.05, 0.1) is 10.3 Å². The molecule has 1 aromatic heterocycles. The van der Waals surface area contributed by atoms with E-state index in [4.69, 9.17) is 0 Å². The molecule has 2 aromatic rings. The Hall–Kier alpha value is -1.94. The summed E-state index contributed by atoms with van der Waals surface area (Å²) >= 11 is 1.33. The summed E-state index contributed by atoms with van der Waals surface area (Å²) in [6, 6.07) is 12.8. The Morgan fingerprint density at radius 3 is 2.37 bits per heavy atom. The molecule has 30 heavy (non-hydrogen) atoms. The molecule has 3 rings (SSSR count). The van der Waals surface area contributed by atoms with Crippen LogP contribution in [0.1, 0.15) is 13.8 Å². The second-order valence-corrected chi connectivity index (χ2v) is 10.5. The van der Waals surface area contributed by atoms with Gasteiger partial charge in [-0.25, -0.2) is 13.4 Å². The van der Waals surface area contributed by atoms with Gasteiger partial charge in [0.2, 0.25) is 15.9 Å². The summed E-state index contributed by atoms with van der Waals surface area (Å²) in [5.41, 5.74) is 0.860. The lowest BCUT2D eigenvalue weighted by Crippen LogP contribution is -2.47. The lowest BCUT2D eigenvalue weighted by atomic mass is 10.2. The number of hydrogen-bond acceptors (Lipinski definition) is 6. The Morgan fingerprint density at radius 2 is 1.80 bits per heavy atom. The van der Waals surface area contributed by atoms with Crippen LogP contribution in [-0.4, -0.2) is 73.5 Å². The molecule has 162 valence electrons. The van der Waals surface area contributed by atoms with Gasteiger partial charge in [0.15, 0.2) is 0 Å². The third-order valence-electron chi connectivity index (χ3n) is 5.10. The van der Waals surface area contributed by atoms with Gasteiger partial charge >= 0.3 is 0 Å². The summed E-state index contributed by atoms with van der Waals surface area (Å²) in [6.45, 7) is 6.75. The number of benzene rings is 1. The summed E-state index contributed by atoms with van der Waals surface area (Å²) in [4.78, 5) is 21.3. The van der Waals surface area contributed by atoms with Crippen LogP contribution < -0.4 is 4.90 Å². The maximum atomic E-state index is 12.9. The van der Waals surface area contributed by atoms with Crippen LogP contribution in [-0.2, 0) is 14.8 Å². The van der Waals surface area contributed by atoms with Gasteiger partial charge < -0.3 is 9.80 Å². The Morgan fingerprint density at radius 1 is 1.13 bits per heavy atom. The lowest BCUT2D eigenvalue weighted by molar-refractivity contribution is -0.117. The minimum Gasteiger partial charge on any atom is -0.312 e. The van der Waals surface area contributed by atoms with Crippen LogP contribution >= 0.6 is 11.8 Å². The zero-order valence-corrected chi connectivity index (χ0v) is 19.2. The molecule has 1 saturated heterocycles. The topological polar surface area (TPSA) is 73.8 Å². The molecule has 0 N–H and O–H groups in total. The van der Waals surface area contributed by atoms with Gasteiger partial charge in [-0.3, -0.25) is 4.79 Å². The summed E-state index contributed by atoms with van der Waals surface area (Å²) in [5, 5.41) is 0.273. The number of aromatic nitrogens is 1. The quantitative estimate of drug-likeness (QED) is 0.606. The number of nitrogens with zero attached hydrogens (tertiary/aromatic N) is 4. The minimum atomic E-state index is -3.54. The fraction of sp³-hybridized carbons (Fsp3) is 0.429. The van der Waals surface area contributed by atoms with Crippen LogP contribution in [0.25, 0.3) is 0 Å². The predicted molar refractivity (Wildman–Crippen MR) is 120 cm³/mol. The number of amides is 1. The fourth-order valence-corrected chi connectivity index (χ4v) is 5.51. The number of carbonyl (C=O) groups is 1. The molecule has 0 spiro atoms. The lowest BCUT2D eigenvalue weighted by Gasteiger charge is -2.31. The number of likely N-dealkylation sites (N-methyl/N-ethyl adjacent to an activating group) is 1. The summed E-state index contributed by atoms with van der Waals surface area (Å²) in [6.07, 6.45) is 1.39. The van der Waals surface area contributed by atoms with Gasteiger partial charge in [-0.15, -0.1) is 0 Å². The fourth-order valence-electron chi connectivity index (χ4n) is 3.29. The maximum Gasteiger partial charge on any atom is 0.244 e. The molecule has 0 radical (unpaired) electrons. The number of sulfonamides is 1. The van der Waals surface area contributed by atoms with Crippen molar-refractivity contribution in [2.45, 2.75) is 29.0 Å². The minimum absolute atomic E-state index is 0.00960. The SMILES string of the molecule is CCN(C(=O)[C@@H](C)Sc1ccc(S(=O)(=O)N2CCN(C)CC2)cn1)c1ccccc1. The van der Waals surface area contributed by atoms with Gasteiger partial charge in [0.25, 0.3) is 0 Å². The molecule has 0 unspecified atom stereocenters. The summed E-state index contributed by atoms with van der Waals surface area (Å²) in [7, 11) is -1.56. The van der Waals surface area contributed by atoms with E-state index in [0.717, 1.165) is 18.8 Å². The molecule has 1 amide bonds. The second-order valence-electron chi connectivity index (χ2n) is 7.22. The van der Waals surface area contributed by atoms with E-state index < -0.39 is 10.0 Å². The number of piperazine rings is 1. The van der Waals surface area contributed by atoms with Crippen LogP contribution in [0.4, 0.5) is 5.69 Å². The molecule has 2 heterocycles. The van der Waals surface area contributed by atoms with Crippen molar-refractivity contribution in [3.05, 3.63) is 48.7 Å². The van der Waals surface area contributed by atoms with Crippen molar-refractivity contribution in [1.82, 2.24) is 14.2 Å². The Balaban J connectivity index is 1.67. The third-order valence-corrected chi connectivity index (χ3v) is 8.03. The first-order chi connectivity index (χ1) is 14.3. The molecule has 0 aliphatic carbocycles. The van der Waals surface area contributed by atoms with Crippen molar-refractivity contribution < 1.29 is 13.2 Å². The third kappa shape index (κ3) is 5.21. The van der Waals surface area contributed by atoms with Crippen LogP contribution in [0.3, 0.4) is 0 Å². The summed E-state index contributed by atoms with van der Waals surface area (Å²) in [5.74, 6) is -0.00960. The average molecular weight is 449 g/mol. The Labute approximate surface area is 183 Å². The molecule has 1 aromatic carbocycles. The van der Waals surface area contributed by atoms with Crippen molar-refractivity contribution in [1.29, 1.82) is 0 Å². The highest BCUT2D eigenvalue weighted by Crippen LogP contribution is 2.26. The van der Waals surface area contributed by atoms with Gasteiger partial charge in [-0.05, 0) is 45.2 Å². The molecule has 1 atom stereocenters. The predicted octanol–water partition coefficient (Wildman–Crippen LogP) is 2.55. The van der Waals surface area contributed by atoms with Gasteiger partial charge in [0, 0.05) is 44.6 Å².